The second-order valence-corrected chi connectivity index (χ2v) is 8.27. The minimum atomic E-state index is 0.00134. The van der Waals surface area contributed by atoms with Crippen LogP contribution in [0, 0.1) is 0 Å². The van der Waals surface area contributed by atoms with Crippen molar-refractivity contribution in [3.05, 3.63) is 59.2 Å². The van der Waals surface area contributed by atoms with Gasteiger partial charge in [-0.15, -0.1) is 22.7 Å². The van der Waals surface area contributed by atoms with Crippen LogP contribution in [0.4, 0.5) is 5.82 Å². The van der Waals surface area contributed by atoms with E-state index in [2.05, 4.69) is 25.9 Å². The van der Waals surface area contributed by atoms with E-state index in [0.717, 1.165) is 39.7 Å². The van der Waals surface area contributed by atoms with Crippen LogP contribution >= 0.6 is 22.7 Å². The van der Waals surface area contributed by atoms with Crippen molar-refractivity contribution in [1.29, 1.82) is 0 Å². The van der Waals surface area contributed by atoms with Crippen molar-refractivity contribution >= 4 is 44.6 Å². The second-order valence-electron chi connectivity index (χ2n) is 6.52. The van der Waals surface area contributed by atoms with Gasteiger partial charge in [-0.05, 0) is 11.4 Å². The van der Waals surface area contributed by atoms with Crippen molar-refractivity contribution in [1.82, 2.24) is 19.9 Å². The van der Waals surface area contributed by atoms with Crippen LogP contribution in [0.15, 0.2) is 53.5 Å². The average Bonchev–Trinajstić information content (AvgIpc) is 3.43. The van der Waals surface area contributed by atoms with Crippen LogP contribution in [0.5, 0.6) is 0 Å². The van der Waals surface area contributed by atoms with E-state index in [0.29, 0.717) is 18.8 Å². The summed E-state index contributed by atoms with van der Waals surface area (Å²) in [7, 11) is 0. The summed E-state index contributed by atoms with van der Waals surface area (Å²) in [6.07, 6.45) is 1.62. The molecule has 1 fully saturated rings. The normalized spacial score (nSPS) is 14.6. The molecule has 4 heterocycles. The third kappa shape index (κ3) is 3.14. The fraction of sp³-hybridized carbons (Fsp3) is 0.200. The first-order valence-electron chi connectivity index (χ1n) is 9.03. The monoisotopic (exact) mass is 407 g/mol. The number of thiazole rings is 1. The topological polar surface area (TPSA) is 62.2 Å². The van der Waals surface area contributed by atoms with E-state index in [-0.39, 0.29) is 5.91 Å². The maximum atomic E-state index is 12.9. The number of hydrogen-bond donors (Lipinski definition) is 0. The summed E-state index contributed by atoms with van der Waals surface area (Å²) in [4.78, 5) is 31.4. The number of nitrogens with zero attached hydrogens (tertiary/aromatic N) is 5. The molecule has 1 saturated heterocycles. The summed E-state index contributed by atoms with van der Waals surface area (Å²) in [5.41, 5.74) is 1.57. The zero-order valence-corrected chi connectivity index (χ0v) is 16.6. The molecule has 140 valence electrons. The minimum absolute atomic E-state index is 0.00134. The minimum Gasteiger partial charge on any atom is -0.352 e. The SMILES string of the molecule is O=C(c1csc(-c2ccccc2)n1)N1CCN(c2ncnc3sccc23)CC1. The number of fused-ring (bicyclic) bond motifs is 1. The molecular formula is C20H17N5OS2. The molecule has 0 spiro atoms. The summed E-state index contributed by atoms with van der Waals surface area (Å²) in [5.74, 6) is 0.958. The highest BCUT2D eigenvalue weighted by molar-refractivity contribution is 7.16. The Morgan fingerprint density at radius 2 is 1.79 bits per heavy atom. The van der Waals surface area contributed by atoms with Gasteiger partial charge in [0.25, 0.3) is 5.91 Å². The molecule has 3 aromatic heterocycles. The summed E-state index contributed by atoms with van der Waals surface area (Å²) in [5, 5.41) is 5.86. The van der Waals surface area contributed by atoms with Crippen LogP contribution in [-0.4, -0.2) is 51.9 Å². The van der Waals surface area contributed by atoms with Crippen LogP contribution in [0.3, 0.4) is 0 Å². The molecule has 0 bridgehead atoms. The van der Waals surface area contributed by atoms with Gasteiger partial charge >= 0.3 is 0 Å². The van der Waals surface area contributed by atoms with Gasteiger partial charge in [-0.25, -0.2) is 15.0 Å². The maximum Gasteiger partial charge on any atom is 0.273 e. The third-order valence-electron chi connectivity index (χ3n) is 4.85. The van der Waals surface area contributed by atoms with Crippen LogP contribution < -0.4 is 4.90 Å². The predicted molar refractivity (Wildman–Crippen MR) is 113 cm³/mol. The maximum absolute atomic E-state index is 12.9. The Hall–Kier alpha value is -2.84. The van der Waals surface area contributed by atoms with Gasteiger partial charge in [0.15, 0.2) is 0 Å². The molecule has 28 heavy (non-hydrogen) atoms. The molecule has 1 aliphatic rings. The number of amides is 1. The molecule has 0 atom stereocenters. The molecule has 1 amide bonds. The summed E-state index contributed by atoms with van der Waals surface area (Å²) >= 11 is 3.13. The Kier molecular flexibility index (Phi) is 4.50. The lowest BCUT2D eigenvalue weighted by Gasteiger charge is -2.35. The van der Waals surface area contributed by atoms with Gasteiger partial charge in [-0.1, -0.05) is 30.3 Å². The first kappa shape index (κ1) is 17.3. The first-order chi connectivity index (χ1) is 13.8. The van der Waals surface area contributed by atoms with E-state index in [1.165, 1.54) is 11.3 Å². The Morgan fingerprint density at radius 1 is 0.964 bits per heavy atom. The number of hydrogen-bond acceptors (Lipinski definition) is 7. The van der Waals surface area contributed by atoms with Crippen molar-refractivity contribution in [3.63, 3.8) is 0 Å². The smallest absolute Gasteiger partial charge is 0.273 e. The van der Waals surface area contributed by atoms with Crippen LogP contribution in [0.2, 0.25) is 0 Å². The standard InChI is InChI=1S/C20H17N5OS2/c26-20(16-12-28-18(23-16)14-4-2-1-3-5-14)25-9-7-24(8-10-25)17-15-6-11-27-19(15)22-13-21-17/h1-6,11-13H,7-10H2. The van der Waals surface area contributed by atoms with Crippen molar-refractivity contribution in [2.45, 2.75) is 0 Å². The molecule has 0 saturated carbocycles. The fourth-order valence-corrected chi connectivity index (χ4v) is 4.92. The molecule has 6 nitrogen and oxygen atoms in total. The van der Waals surface area contributed by atoms with Crippen LogP contribution in [0.25, 0.3) is 20.8 Å². The van der Waals surface area contributed by atoms with E-state index >= 15 is 0 Å². The zero-order chi connectivity index (χ0) is 18.9. The number of aromatic nitrogens is 3. The third-order valence-corrected chi connectivity index (χ3v) is 6.56. The fourth-order valence-electron chi connectivity index (χ4n) is 3.40. The molecule has 0 unspecified atom stereocenters. The Labute approximate surface area is 170 Å². The van der Waals surface area contributed by atoms with Gasteiger partial charge in [0.2, 0.25) is 0 Å². The highest BCUT2D eigenvalue weighted by Gasteiger charge is 2.25. The summed E-state index contributed by atoms with van der Waals surface area (Å²) in [6.45, 7) is 2.83. The first-order valence-corrected chi connectivity index (χ1v) is 10.8. The molecule has 4 aromatic rings. The molecule has 8 heteroatoms. The lowest BCUT2D eigenvalue weighted by molar-refractivity contribution is 0.0741. The number of carbonyl (C=O) groups excluding carboxylic acids is 1. The van der Waals surface area contributed by atoms with E-state index < -0.39 is 0 Å². The van der Waals surface area contributed by atoms with E-state index in [4.69, 9.17) is 0 Å². The van der Waals surface area contributed by atoms with Gasteiger partial charge < -0.3 is 9.80 Å². The van der Waals surface area contributed by atoms with E-state index in [1.54, 1.807) is 17.7 Å². The molecule has 5 rings (SSSR count). The van der Waals surface area contributed by atoms with Crippen molar-refractivity contribution in [2.75, 3.05) is 31.1 Å². The number of piperazine rings is 1. The van der Waals surface area contributed by atoms with Crippen molar-refractivity contribution in [2.24, 2.45) is 0 Å². The average molecular weight is 408 g/mol. The largest absolute Gasteiger partial charge is 0.352 e. The molecular weight excluding hydrogens is 390 g/mol. The van der Waals surface area contributed by atoms with Gasteiger partial charge in [0, 0.05) is 37.1 Å². The quantitative estimate of drug-likeness (QED) is 0.517. The second kappa shape index (κ2) is 7.29. The van der Waals surface area contributed by atoms with Crippen LogP contribution in [-0.2, 0) is 0 Å². The zero-order valence-electron chi connectivity index (χ0n) is 15.0. The number of carbonyl (C=O) groups is 1. The molecule has 0 N–H and O–H groups in total. The number of benzene rings is 1. The number of thiophene rings is 1. The van der Waals surface area contributed by atoms with Crippen LogP contribution in [0.1, 0.15) is 10.5 Å². The van der Waals surface area contributed by atoms with Gasteiger partial charge in [-0.2, -0.15) is 0 Å². The van der Waals surface area contributed by atoms with Crippen molar-refractivity contribution in [3.8, 4) is 10.6 Å². The Morgan fingerprint density at radius 3 is 2.61 bits per heavy atom. The van der Waals surface area contributed by atoms with E-state index in [9.17, 15) is 4.79 Å². The van der Waals surface area contributed by atoms with E-state index in [1.807, 2.05) is 46.0 Å². The summed E-state index contributed by atoms with van der Waals surface area (Å²) in [6, 6.07) is 12.0. The van der Waals surface area contributed by atoms with Gasteiger partial charge in [-0.3, -0.25) is 4.79 Å². The molecule has 1 aliphatic heterocycles. The Balaban J connectivity index is 1.29. The Bertz CT molecular complexity index is 1120. The summed E-state index contributed by atoms with van der Waals surface area (Å²) < 4.78 is 0. The lowest BCUT2D eigenvalue weighted by Crippen LogP contribution is -2.49. The van der Waals surface area contributed by atoms with Crippen molar-refractivity contribution < 1.29 is 4.79 Å². The molecule has 1 aromatic carbocycles. The molecule has 0 radical (unpaired) electrons. The van der Waals surface area contributed by atoms with Gasteiger partial charge in [0.1, 0.15) is 27.7 Å². The van der Waals surface area contributed by atoms with Gasteiger partial charge in [0.05, 0.1) is 5.39 Å². The lowest BCUT2D eigenvalue weighted by atomic mass is 10.2. The predicted octanol–water partition coefficient (Wildman–Crippen LogP) is 3.78. The highest BCUT2D eigenvalue weighted by Crippen LogP contribution is 2.28. The molecule has 0 aliphatic carbocycles. The number of anilines is 1. The number of rotatable bonds is 3. The highest BCUT2D eigenvalue weighted by atomic mass is 32.1.